The first kappa shape index (κ1) is 10.7. The van der Waals surface area contributed by atoms with Gasteiger partial charge in [0.25, 0.3) is 0 Å². The molecule has 0 unspecified atom stereocenters. The first-order valence-electron chi connectivity index (χ1n) is 4.57. The molecular formula is C11H10BrClN2. The van der Waals surface area contributed by atoms with Crippen molar-refractivity contribution in [1.82, 2.24) is 9.78 Å². The molecule has 0 aliphatic rings. The van der Waals surface area contributed by atoms with Crippen molar-refractivity contribution in [3.05, 3.63) is 46.7 Å². The Balaban J connectivity index is 2.42. The van der Waals surface area contributed by atoms with Crippen LogP contribution in [0.2, 0.25) is 5.02 Å². The maximum atomic E-state index is 6.12. The summed E-state index contributed by atoms with van der Waals surface area (Å²) in [6.45, 7) is 2.01. The average Bonchev–Trinajstić information content (AvgIpc) is 2.65. The van der Waals surface area contributed by atoms with Gasteiger partial charge in [0.1, 0.15) is 0 Å². The fourth-order valence-electron chi connectivity index (χ4n) is 1.34. The average molecular weight is 286 g/mol. The van der Waals surface area contributed by atoms with Crippen molar-refractivity contribution in [2.24, 2.45) is 0 Å². The smallest absolute Gasteiger partial charge is 0.0660 e. The molecule has 4 heteroatoms. The van der Waals surface area contributed by atoms with Gasteiger partial charge >= 0.3 is 0 Å². The Labute approximate surface area is 102 Å². The summed E-state index contributed by atoms with van der Waals surface area (Å²) in [6.07, 6.45) is 3.80. The number of nitrogens with zero attached hydrogens (tertiary/aromatic N) is 2. The fraction of sp³-hybridized carbons (Fsp3) is 0.182. The zero-order valence-corrected chi connectivity index (χ0v) is 10.6. The maximum Gasteiger partial charge on any atom is 0.0660 e. The first-order chi connectivity index (χ1) is 7.20. The van der Waals surface area contributed by atoms with Crippen LogP contribution in [0.4, 0.5) is 0 Å². The third-order valence-corrected chi connectivity index (χ3v) is 3.11. The van der Waals surface area contributed by atoms with Crippen LogP contribution in [0.25, 0.3) is 5.69 Å². The third-order valence-electron chi connectivity index (χ3n) is 2.16. The van der Waals surface area contributed by atoms with E-state index in [1.54, 1.807) is 0 Å². The standard InChI is InChI=1S/C11H10BrClN2/c1-8-6-14-15(7-8)10-3-2-9(5-12)11(13)4-10/h2-4,6-7H,5H2,1H3. The number of hydrogen-bond acceptors (Lipinski definition) is 1. The zero-order chi connectivity index (χ0) is 10.8. The van der Waals surface area contributed by atoms with Crippen LogP contribution in [0, 0.1) is 6.92 Å². The van der Waals surface area contributed by atoms with E-state index in [2.05, 4.69) is 21.0 Å². The predicted octanol–water partition coefficient (Wildman–Crippen LogP) is 3.73. The summed E-state index contributed by atoms with van der Waals surface area (Å²) in [6, 6.07) is 5.93. The molecule has 0 saturated heterocycles. The van der Waals surface area contributed by atoms with Crippen LogP contribution in [0.3, 0.4) is 0 Å². The quantitative estimate of drug-likeness (QED) is 0.769. The van der Waals surface area contributed by atoms with Crippen LogP contribution in [0.15, 0.2) is 30.6 Å². The van der Waals surface area contributed by atoms with Crippen molar-refractivity contribution < 1.29 is 0 Å². The summed E-state index contributed by atoms with van der Waals surface area (Å²) in [7, 11) is 0. The zero-order valence-electron chi connectivity index (χ0n) is 8.24. The van der Waals surface area contributed by atoms with Crippen molar-refractivity contribution in [2.45, 2.75) is 12.3 Å². The molecule has 0 radical (unpaired) electrons. The number of benzene rings is 1. The third kappa shape index (κ3) is 2.24. The van der Waals surface area contributed by atoms with Crippen LogP contribution in [-0.2, 0) is 5.33 Å². The highest BCUT2D eigenvalue weighted by Crippen LogP contribution is 2.22. The van der Waals surface area contributed by atoms with Gasteiger partial charge in [-0.2, -0.15) is 5.10 Å². The molecule has 0 aliphatic carbocycles. The Bertz CT molecular complexity index is 479. The van der Waals surface area contributed by atoms with Crippen molar-refractivity contribution in [2.75, 3.05) is 0 Å². The lowest BCUT2D eigenvalue weighted by Crippen LogP contribution is -1.94. The van der Waals surface area contributed by atoms with Crippen molar-refractivity contribution >= 4 is 27.5 Å². The van der Waals surface area contributed by atoms with Crippen LogP contribution >= 0.6 is 27.5 Å². The van der Waals surface area contributed by atoms with Crippen LogP contribution in [0.5, 0.6) is 0 Å². The molecule has 0 bridgehead atoms. The van der Waals surface area contributed by atoms with E-state index in [-0.39, 0.29) is 0 Å². The molecule has 0 amide bonds. The number of aryl methyl sites for hydroxylation is 1. The summed E-state index contributed by atoms with van der Waals surface area (Å²) in [5.41, 5.74) is 3.21. The van der Waals surface area contributed by atoms with Gasteiger partial charge in [-0.3, -0.25) is 0 Å². The summed E-state index contributed by atoms with van der Waals surface area (Å²) in [5.74, 6) is 0. The molecule has 0 fully saturated rings. The molecule has 1 aromatic carbocycles. The molecule has 0 N–H and O–H groups in total. The van der Waals surface area contributed by atoms with E-state index in [0.717, 1.165) is 27.2 Å². The molecule has 0 spiro atoms. The van der Waals surface area contributed by atoms with E-state index in [1.807, 2.05) is 42.2 Å². The second-order valence-electron chi connectivity index (χ2n) is 3.37. The van der Waals surface area contributed by atoms with Gasteiger partial charge in [-0.1, -0.05) is 33.6 Å². The Kier molecular flexibility index (Phi) is 3.12. The molecule has 2 nitrogen and oxygen atoms in total. The first-order valence-corrected chi connectivity index (χ1v) is 6.06. The highest BCUT2D eigenvalue weighted by atomic mass is 79.9. The largest absolute Gasteiger partial charge is 0.241 e. The highest BCUT2D eigenvalue weighted by Gasteiger charge is 2.02. The molecule has 0 aliphatic heterocycles. The number of aromatic nitrogens is 2. The van der Waals surface area contributed by atoms with Gasteiger partial charge in [-0.05, 0) is 30.2 Å². The Morgan fingerprint density at radius 1 is 1.47 bits per heavy atom. The molecule has 15 heavy (non-hydrogen) atoms. The van der Waals surface area contributed by atoms with Gasteiger partial charge in [0.15, 0.2) is 0 Å². The second kappa shape index (κ2) is 4.37. The van der Waals surface area contributed by atoms with Gasteiger partial charge in [-0.25, -0.2) is 4.68 Å². The molecule has 0 saturated carbocycles. The van der Waals surface area contributed by atoms with Crippen molar-refractivity contribution in [3.8, 4) is 5.69 Å². The number of hydrogen-bond donors (Lipinski definition) is 0. The molecule has 2 rings (SSSR count). The van der Waals surface area contributed by atoms with E-state index in [0.29, 0.717) is 0 Å². The lowest BCUT2D eigenvalue weighted by atomic mass is 10.2. The molecule has 1 aromatic heterocycles. The summed E-state index contributed by atoms with van der Waals surface area (Å²) >= 11 is 9.50. The minimum absolute atomic E-state index is 0.762. The second-order valence-corrected chi connectivity index (χ2v) is 4.34. The lowest BCUT2D eigenvalue weighted by Gasteiger charge is -2.04. The fourth-order valence-corrected chi connectivity index (χ4v) is 2.23. The van der Waals surface area contributed by atoms with Crippen LogP contribution in [-0.4, -0.2) is 9.78 Å². The minimum atomic E-state index is 0.762. The van der Waals surface area contributed by atoms with Gasteiger partial charge in [0, 0.05) is 16.5 Å². The lowest BCUT2D eigenvalue weighted by molar-refractivity contribution is 0.879. The van der Waals surface area contributed by atoms with E-state index in [9.17, 15) is 0 Å². The summed E-state index contributed by atoms with van der Waals surface area (Å²) in [5, 5.41) is 5.76. The topological polar surface area (TPSA) is 17.8 Å². The summed E-state index contributed by atoms with van der Waals surface area (Å²) < 4.78 is 1.82. The number of halogens is 2. The van der Waals surface area contributed by atoms with Crippen LogP contribution < -0.4 is 0 Å². The van der Waals surface area contributed by atoms with Gasteiger partial charge in [0.05, 0.1) is 11.9 Å². The monoisotopic (exact) mass is 284 g/mol. The van der Waals surface area contributed by atoms with Crippen molar-refractivity contribution in [3.63, 3.8) is 0 Å². The molecule has 1 heterocycles. The van der Waals surface area contributed by atoms with E-state index < -0.39 is 0 Å². The predicted molar refractivity (Wildman–Crippen MR) is 65.9 cm³/mol. The number of alkyl halides is 1. The molecule has 2 aromatic rings. The molecular weight excluding hydrogens is 275 g/mol. The van der Waals surface area contributed by atoms with Gasteiger partial charge in [-0.15, -0.1) is 0 Å². The van der Waals surface area contributed by atoms with Gasteiger partial charge in [0.2, 0.25) is 0 Å². The number of rotatable bonds is 2. The minimum Gasteiger partial charge on any atom is -0.241 e. The van der Waals surface area contributed by atoms with E-state index in [1.165, 1.54) is 0 Å². The SMILES string of the molecule is Cc1cnn(-c2ccc(CBr)c(Cl)c2)c1. The Morgan fingerprint density at radius 3 is 2.80 bits per heavy atom. The van der Waals surface area contributed by atoms with E-state index in [4.69, 9.17) is 11.6 Å². The van der Waals surface area contributed by atoms with Crippen molar-refractivity contribution in [1.29, 1.82) is 0 Å². The van der Waals surface area contributed by atoms with Gasteiger partial charge < -0.3 is 0 Å². The highest BCUT2D eigenvalue weighted by molar-refractivity contribution is 9.08. The Hall–Kier alpha value is -0.800. The van der Waals surface area contributed by atoms with Crippen LogP contribution in [0.1, 0.15) is 11.1 Å². The molecule has 0 atom stereocenters. The molecule has 78 valence electrons. The van der Waals surface area contributed by atoms with E-state index >= 15 is 0 Å². The maximum absolute atomic E-state index is 6.12. The summed E-state index contributed by atoms with van der Waals surface area (Å²) in [4.78, 5) is 0. The Morgan fingerprint density at radius 2 is 2.27 bits per heavy atom. The normalized spacial score (nSPS) is 10.6.